The number of carbonyl (C=O) groups excluding carboxylic acids is 2. The van der Waals surface area contributed by atoms with Crippen LogP contribution >= 0.6 is 0 Å². The molecule has 0 unspecified atom stereocenters. The minimum atomic E-state index is -0.445. The Morgan fingerprint density at radius 3 is 2.76 bits per heavy atom. The van der Waals surface area contributed by atoms with Gasteiger partial charge in [0.25, 0.3) is 0 Å². The predicted octanol–water partition coefficient (Wildman–Crippen LogP) is 2.56. The maximum atomic E-state index is 14.2. The minimum Gasteiger partial charge on any atom is -0.381 e. The van der Waals surface area contributed by atoms with E-state index in [1.807, 2.05) is 0 Å². The van der Waals surface area contributed by atoms with Gasteiger partial charge in [-0.3, -0.25) is 9.59 Å². The first kappa shape index (κ1) is 17.9. The molecule has 3 rings (SSSR count). The molecule has 2 aliphatic rings. The summed E-state index contributed by atoms with van der Waals surface area (Å²) in [6, 6.07) is 4.78. The lowest BCUT2D eigenvalue weighted by Crippen LogP contribution is -2.53. The summed E-state index contributed by atoms with van der Waals surface area (Å²) in [6.07, 6.45) is 2.52. The second-order valence-electron chi connectivity index (χ2n) is 7.10. The number of rotatable bonds is 4. The van der Waals surface area contributed by atoms with Crippen LogP contribution in [-0.2, 0) is 14.3 Å². The summed E-state index contributed by atoms with van der Waals surface area (Å²) >= 11 is 0. The van der Waals surface area contributed by atoms with Gasteiger partial charge in [0, 0.05) is 31.7 Å². The number of hydrogen-bond acceptors (Lipinski definition) is 3. The van der Waals surface area contributed by atoms with E-state index in [0.29, 0.717) is 13.2 Å². The third-order valence-corrected chi connectivity index (χ3v) is 5.40. The zero-order chi connectivity index (χ0) is 18.0. The molecular weight excluding hydrogens is 323 g/mol. The highest BCUT2D eigenvalue weighted by Gasteiger charge is 2.40. The number of nitrogens with zero attached hydrogens (tertiary/aromatic N) is 1. The van der Waals surface area contributed by atoms with Crippen molar-refractivity contribution in [2.75, 3.05) is 24.7 Å². The molecule has 2 amide bonds. The molecule has 0 bridgehead atoms. The molecule has 1 aromatic rings. The molecule has 1 N–H and O–H groups in total. The van der Waals surface area contributed by atoms with E-state index >= 15 is 0 Å². The maximum Gasteiger partial charge on any atom is 0.227 e. The first-order chi connectivity index (χ1) is 11.9. The number of anilines is 1. The highest BCUT2D eigenvalue weighted by Crippen LogP contribution is 2.30. The number of halogens is 1. The first-order valence-electron chi connectivity index (χ1n) is 8.90. The van der Waals surface area contributed by atoms with Crippen LogP contribution < -0.4 is 10.2 Å². The van der Waals surface area contributed by atoms with Crippen LogP contribution in [0.1, 0.15) is 38.2 Å². The fraction of sp³-hybridized carbons (Fsp3) is 0.579. The van der Waals surface area contributed by atoms with Crippen molar-refractivity contribution in [2.24, 2.45) is 5.92 Å². The molecule has 2 saturated heterocycles. The Balaban J connectivity index is 1.70. The number of benzene rings is 1. The van der Waals surface area contributed by atoms with Crippen LogP contribution in [0, 0.1) is 18.7 Å². The van der Waals surface area contributed by atoms with E-state index in [4.69, 9.17) is 4.74 Å². The van der Waals surface area contributed by atoms with Gasteiger partial charge in [0.15, 0.2) is 0 Å². The summed E-state index contributed by atoms with van der Waals surface area (Å²) < 4.78 is 19.6. The summed E-state index contributed by atoms with van der Waals surface area (Å²) in [4.78, 5) is 26.4. The van der Waals surface area contributed by atoms with Crippen molar-refractivity contribution in [2.45, 2.75) is 45.1 Å². The van der Waals surface area contributed by atoms with E-state index in [-0.39, 0.29) is 36.0 Å². The van der Waals surface area contributed by atoms with Crippen LogP contribution in [0.2, 0.25) is 0 Å². The van der Waals surface area contributed by atoms with Crippen molar-refractivity contribution in [1.29, 1.82) is 0 Å². The molecule has 0 aromatic heterocycles. The molecule has 6 heteroatoms. The van der Waals surface area contributed by atoms with Gasteiger partial charge in [-0.25, -0.2) is 4.39 Å². The highest BCUT2D eigenvalue weighted by atomic mass is 19.1. The molecule has 0 saturated carbocycles. The zero-order valence-electron chi connectivity index (χ0n) is 14.8. The lowest BCUT2D eigenvalue weighted by molar-refractivity contribution is -0.129. The molecule has 0 spiro atoms. The molecule has 2 fully saturated rings. The van der Waals surface area contributed by atoms with E-state index < -0.39 is 11.7 Å². The molecule has 1 atom stereocenters. The van der Waals surface area contributed by atoms with Crippen molar-refractivity contribution in [3.63, 3.8) is 0 Å². The maximum absolute atomic E-state index is 14.2. The van der Waals surface area contributed by atoms with Gasteiger partial charge < -0.3 is 15.0 Å². The summed E-state index contributed by atoms with van der Waals surface area (Å²) in [5.74, 6) is -1.20. The van der Waals surface area contributed by atoms with Gasteiger partial charge in [-0.05, 0) is 43.9 Å². The number of aryl methyl sites for hydroxylation is 1. The van der Waals surface area contributed by atoms with Crippen LogP contribution in [0.4, 0.5) is 10.1 Å². The normalized spacial score (nSPS) is 22.9. The van der Waals surface area contributed by atoms with Crippen LogP contribution in [0.25, 0.3) is 0 Å². The molecule has 0 aliphatic carbocycles. The van der Waals surface area contributed by atoms with Crippen molar-refractivity contribution in [3.05, 3.63) is 29.6 Å². The average molecular weight is 348 g/mol. The van der Waals surface area contributed by atoms with Crippen molar-refractivity contribution < 1.29 is 18.7 Å². The summed E-state index contributed by atoms with van der Waals surface area (Å²) in [5, 5.41) is 3.15. The van der Waals surface area contributed by atoms with Gasteiger partial charge >= 0.3 is 0 Å². The minimum absolute atomic E-state index is 0.118. The lowest BCUT2D eigenvalue weighted by atomic mass is 9.86. The molecule has 136 valence electrons. The van der Waals surface area contributed by atoms with Crippen molar-refractivity contribution in [1.82, 2.24) is 5.32 Å². The standard InChI is InChI=1S/C19H25FN2O3/c1-3-19(6-8-25-9-7-19)21-18(24)14-11-17(23)22(12-14)16-5-4-13(2)10-15(16)20/h4-5,10,14H,3,6-9,11-12H2,1-2H3,(H,21,24)/t14-/m1/s1. The van der Waals surface area contributed by atoms with E-state index in [1.165, 1.54) is 11.0 Å². The van der Waals surface area contributed by atoms with Gasteiger partial charge in [-0.1, -0.05) is 13.0 Å². The highest BCUT2D eigenvalue weighted by molar-refractivity contribution is 6.00. The molecule has 0 radical (unpaired) electrons. The summed E-state index contributed by atoms with van der Waals surface area (Å²) in [6.45, 7) is 5.35. The Kier molecular flexibility index (Phi) is 5.08. The van der Waals surface area contributed by atoms with E-state index in [1.54, 1.807) is 19.1 Å². The van der Waals surface area contributed by atoms with E-state index in [2.05, 4.69) is 12.2 Å². The third-order valence-electron chi connectivity index (χ3n) is 5.40. The third kappa shape index (κ3) is 3.68. The van der Waals surface area contributed by atoms with E-state index in [0.717, 1.165) is 24.8 Å². The van der Waals surface area contributed by atoms with Gasteiger partial charge in [-0.2, -0.15) is 0 Å². The SMILES string of the molecule is CCC1(NC(=O)[C@@H]2CC(=O)N(c3ccc(C)cc3F)C2)CCOCC1. The van der Waals surface area contributed by atoms with E-state index in [9.17, 15) is 14.0 Å². The predicted molar refractivity (Wildman–Crippen MR) is 92.8 cm³/mol. The largest absolute Gasteiger partial charge is 0.381 e. The summed E-state index contributed by atoms with van der Waals surface area (Å²) in [7, 11) is 0. The second-order valence-corrected chi connectivity index (χ2v) is 7.10. The van der Waals surface area contributed by atoms with Crippen LogP contribution in [-0.4, -0.2) is 37.1 Å². The molecule has 2 heterocycles. The second kappa shape index (κ2) is 7.12. The molecule has 5 nitrogen and oxygen atoms in total. The molecule has 2 aliphatic heterocycles. The average Bonchev–Trinajstić information content (AvgIpc) is 2.97. The number of hydrogen-bond donors (Lipinski definition) is 1. The smallest absolute Gasteiger partial charge is 0.227 e. The number of amides is 2. The Morgan fingerprint density at radius 1 is 1.40 bits per heavy atom. The van der Waals surface area contributed by atoms with Crippen molar-refractivity contribution in [3.8, 4) is 0 Å². The van der Waals surface area contributed by atoms with Gasteiger partial charge in [0.05, 0.1) is 11.6 Å². The first-order valence-corrected chi connectivity index (χ1v) is 8.90. The Hall–Kier alpha value is -1.95. The zero-order valence-corrected chi connectivity index (χ0v) is 14.8. The molecule has 25 heavy (non-hydrogen) atoms. The Morgan fingerprint density at radius 2 is 2.12 bits per heavy atom. The number of ether oxygens (including phenoxy) is 1. The fourth-order valence-electron chi connectivity index (χ4n) is 3.64. The van der Waals surface area contributed by atoms with Crippen LogP contribution in [0.3, 0.4) is 0 Å². The Labute approximate surface area is 147 Å². The lowest BCUT2D eigenvalue weighted by Gasteiger charge is -2.38. The quantitative estimate of drug-likeness (QED) is 0.910. The van der Waals surface area contributed by atoms with Crippen molar-refractivity contribution >= 4 is 17.5 Å². The molecule has 1 aromatic carbocycles. The molecular formula is C19H25FN2O3. The Bertz CT molecular complexity index is 671. The monoisotopic (exact) mass is 348 g/mol. The number of nitrogens with one attached hydrogen (secondary N) is 1. The topological polar surface area (TPSA) is 58.6 Å². The number of carbonyl (C=O) groups is 2. The summed E-state index contributed by atoms with van der Waals surface area (Å²) in [5.41, 5.74) is 0.801. The van der Waals surface area contributed by atoms with Crippen LogP contribution in [0.15, 0.2) is 18.2 Å². The van der Waals surface area contributed by atoms with Crippen LogP contribution in [0.5, 0.6) is 0 Å². The van der Waals surface area contributed by atoms with Gasteiger partial charge in [-0.15, -0.1) is 0 Å². The fourth-order valence-corrected chi connectivity index (χ4v) is 3.64. The van der Waals surface area contributed by atoms with Gasteiger partial charge in [0.1, 0.15) is 5.82 Å². The van der Waals surface area contributed by atoms with Gasteiger partial charge in [0.2, 0.25) is 11.8 Å².